The molecule has 2 heteroatoms. The summed E-state index contributed by atoms with van der Waals surface area (Å²) in [7, 11) is 0. The molecule has 0 amide bonds. The summed E-state index contributed by atoms with van der Waals surface area (Å²) in [5.41, 5.74) is 2.00. The van der Waals surface area contributed by atoms with Gasteiger partial charge in [0.05, 0.1) is 0 Å². The fraction of sp³-hybridized carbons (Fsp3) is 0.727. The van der Waals surface area contributed by atoms with Gasteiger partial charge in [0.2, 0.25) is 0 Å². The third-order valence-electron chi connectivity index (χ3n) is 4.07. The van der Waals surface area contributed by atoms with Crippen molar-refractivity contribution in [2.75, 3.05) is 0 Å². The average Bonchev–Trinajstić information content (AvgIpc) is 2.58. The minimum absolute atomic E-state index is 0.299. The number of carboxylic acid groups (broad SMARTS) is 1. The summed E-state index contributed by atoms with van der Waals surface area (Å²) >= 11 is 0. The van der Waals surface area contributed by atoms with Gasteiger partial charge in [0.25, 0.3) is 0 Å². The number of allylic oxidation sites excluding steroid dienone is 1. The molecule has 3 saturated carbocycles. The van der Waals surface area contributed by atoms with E-state index in [4.69, 9.17) is 5.11 Å². The van der Waals surface area contributed by atoms with E-state index in [2.05, 4.69) is 0 Å². The van der Waals surface area contributed by atoms with Crippen LogP contribution >= 0.6 is 0 Å². The zero-order valence-corrected chi connectivity index (χ0v) is 8.26. The molecule has 0 unspecified atom stereocenters. The van der Waals surface area contributed by atoms with Crippen LogP contribution in [0.4, 0.5) is 0 Å². The van der Waals surface area contributed by atoms with E-state index in [1.807, 2.05) is 6.92 Å². The highest BCUT2D eigenvalue weighted by Gasteiger charge is 2.51. The molecule has 0 aromatic rings. The summed E-state index contributed by atoms with van der Waals surface area (Å²) in [4.78, 5) is 10.8. The molecule has 0 heterocycles. The highest BCUT2D eigenvalue weighted by Crippen LogP contribution is 2.62. The Morgan fingerprint density at radius 1 is 1.38 bits per heavy atom. The second-order valence-corrected chi connectivity index (χ2v) is 4.65. The predicted octanol–water partition coefficient (Wildman–Crippen LogP) is 2.60. The molecule has 0 aromatic carbocycles. The van der Waals surface area contributed by atoms with Gasteiger partial charge >= 0.3 is 5.97 Å². The Morgan fingerprint density at radius 3 is 2.38 bits per heavy atom. The highest BCUT2D eigenvalue weighted by molar-refractivity contribution is 5.87. The summed E-state index contributed by atoms with van der Waals surface area (Å²) < 4.78 is 0. The normalized spacial score (nSPS) is 38.2. The van der Waals surface area contributed by atoms with E-state index in [9.17, 15) is 4.79 Å². The van der Waals surface area contributed by atoms with Crippen LogP contribution in [-0.2, 0) is 4.79 Å². The van der Waals surface area contributed by atoms with Crippen molar-refractivity contribution in [2.45, 2.75) is 39.5 Å². The Bertz CT molecular complexity index is 277. The Labute approximate surface area is 78.6 Å². The van der Waals surface area contributed by atoms with E-state index in [0.717, 1.165) is 11.5 Å². The number of carboxylic acids is 1. The molecular formula is C11H16O2. The lowest BCUT2D eigenvalue weighted by Crippen LogP contribution is -2.30. The third-order valence-corrected chi connectivity index (χ3v) is 4.07. The Kier molecular flexibility index (Phi) is 1.76. The Hall–Kier alpha value is -0.790. The van der Waals surface area contributed by atoms with Gasteiger partial charge in [0.1, 0.15) is 0 Å². The first kappa shape index (κ1) is 8.79. The molecule has 3 rings (SSSR count). The fourth-order valence-corrected chi connectivity index (χ4v) is 2.99. The topological polar surface area (TPSA) is 37.3 Å². The molecular weight excluding hydrogens is 164 g/mol. The SMILES string of the molecule is CC(C(=O)O)=C(C)C12CCC(C1)C2. The fourth-order valence-electron chi connectivity index (χ4n) is 2.99. The lowest BCUT2D eigenvalue weighted by atomic mass is 9.64. The van der Waals surface area contributed by atoms with Gasteiger partial charge in [-0.2, -0.15) is 0 Å². The van der Waals surface area contributed by atoms with Crippen LogP contribution in [0.25, 0.3) is 0 Å². The lowest BCUT2D eigenvalue weighted by molar-refractivity contribution is -0.132. The Balaban J connectivity index is 2.26. The molecule has 0 atom stereocenters. The van der Waals surface area contributed by atoms with Gasteiger partial charge in [-0.15, -0.1) is 0 Å². The van der Waals surface area contributed by atoms with E-state index in [0.29, 0.717) is 11.0 Å². The van der Waals surface area contributed by atoms with Crippen molar-refractivity contribution in [3.8, 4) is 0 Å². The first-order valence-corrected chi connectivity index (χ1v) is 4.96. The van der Waals surface area contributed by atoms with Crippen molar-refractivity contribution >= 4 is 5.97 Å². The molecule has 72 valence electrons. The molecule has 3 fully saturated rings. The van der Waals surface area contributed by atoms with Gasteiger partial charge in [0, 0.05) is 5.57 Å². The first-order chi connectivity index (χ1) is 6.05. The van der Waals surface area contributed by atoms with Crippen LogP contribution in [0.2, 0.25) is 0 Å². The molecule has 13 heavy (non-hydrogen) atoms. The Morgan fingerprint density at radius 2 is 2.00 bits per heavy atom. The van der Waals surface area contributed by atoms with Crippen LogP contribution < -0.4 is 0 Å². The van der Waals surface area contributed by atoms with Gasteiger partial charge in [-0.05, 0) is 50.9 Å². The molecule has 1 N–H and O–H groups in total. The zero-order valence-electron chi connectivity index (χ0n) is 8.26. The predicted molar refractivity (Wildman–Crippen MR) is 50.4 cm³/mol. The molecule has 0 radical (unpaired) electrons. The number of hydrogen-bond donors (Lipinski definition) is 1. The second kappa shape index (κ2) is 2.60. The molecule has 2 bridgehead atoms. The quantitative estimate of drug-likeness (QED) is 0.663. The minimum Gasteiger partial charge on any atom is -0.478 e. The smallest absolute Gasteiger partial charge is 0.331 e. The van der Waals surface area contributed by atoms with Crippen molar-refractivity contribution in [2.24, 2.45) is 11.3 Å². The average molecular weight is 180 g/mol. The molecule has 0 saturated heterocycles. The molecule has 3 aliphatic rings. The number of carbonyl (C=O) groups is 1. The largest absolute Gasteiger partial charge is 0.478 e. The van der Waals surface area contributed by atoms with Crippen molar-refractivity contribution in [3.63, 3.8) is 0 Å². The van der Waals surface area contributed by atoms with Crippen molar-refractivity contribution in [1.29, 1.82) is 0 Å². The number of hydrogen-bond acceptors (Lipinski definition) is 1. The van der Waals surface area contributed by atoms with Crippen LogP contribution in [0.15, 0.2) is 11.1 Å². The summed E-state index contributed by atoms with van der Waals surface area (Å²) in [5, 5.41) is 8.89. The molecule has 0 spiro atoms. The molecule has 0 aromatic heterocycles. The third kappa shape index (κ3) is 1.11. The maximum atomic E-state index is 10.8. The standard InChI is InChI=1S/C11H16O2/c1-7(10(12)13)8(2)11-4-3-9(5-11)6-11/h9H,3-6H2,1-2H3,(H,12,13). The van der Waals surface area contributed by atoms with Crippen LogP contribution in [0.3, 0.4) is 0 Å². The summed E-state index contributed by atoms with van der Waals surface area (Å²) in [6, 6.07) is 0. The van der Waals surface area contributed by atoms with Crippen molar-refractivity contribution in [1.82, 2.24) is 0 Å². The van der Waals surface area contributed by atoms with Crippen molar-refractivity contribution in [3.05, 3.63) is 11.1 Å². The van der Waals surface area contributed by atoms with Crippen LogP contribution in [-0.4, -0.2) is 11.1 Å². The van der Waals surface area contributed by atoms with Gasteiger partial charge in [0.15, 0.2) is 0 Å². The summed E-state index contributed by atoms with van der Waals surface area (Å²) in [6.07, 6.45) is 5.01. The molecule has 2 nitrogen and oxygen atoms in total. The highest BCUT2D eigenvalue weighted by atomic mass is 16.4. The monoisotopic (exact) mass is 180 g/mol. The summed E-state index contributed by atoms with van der Waals surface area (Å²) in [6.45, 7) is 3.74. The van der Waals surface area contributed by atoms with Crippen LogP contribution in [0.1, 0.15) is 39.5 Å². The number of fused-ring (bicyclic) bond motifs is 1. The second-order valence-electron chi connectivity index (χ2n) is 4.65. The van der Waals surface area contributed by atoms with E-state index < -0.39 is 5.97 Å². The van der Waals surface area contributed by atoms with E-state index in [1.165, 1.54) is 25.7 Å². The van der Waals surface area contributed by atoms with Gasteiger partial charge < -0.3 is 5.11 Å². The van der Waals surface area contributed by atoms with E-state index in [-0.39, 0.29) is 0 Å². The van der Waals surface area contributed by atoms with Crippen molar-refractivity contribution < 1.29 is 9.90 Å². The summed E-state index contributed by atoms with van der Waals surface area (Å²) in [5.74, 6) is 0.152. The zero-order chi connectivity index (χ0) is 9.64. The molecule has 3 aliphatic carbocycles. The van der Waals surface area contributed by atoms with Gasteiger partial charge in [-0.1, -0.05) is 5.57 Å². The van der Waals surface area contributed by atoms with Crippen LogP contribution in [0.5, 0.6) is 0 Å². The van der Waals surface area contributed by atoms with Crippen LogP contribution in [0, 0.1) is 11.3 Å². The molecule has 0 aliphatic heterocycles. The number of aliphatic carboxylic acids is 1. The van der Waals surface area contributed by atoms with Gasteiger partial charge in [-0.25, -0.2) is 4.79 Å². The van der Waals surface area contributed by atoms with E-state index >= 15 is 0 Å². The first-order valence-electron chi connectivity index (χ1n) is 4.96. The van der Waals surface area contributed by atoms with E-state index in [1.54, 1.807) is 6.92 Å². The lowest BCUT2D eigenvalue weighted by Gasteiger charge is -2.40. The number of rotatable bonds is 2. The maximum absolute atomic E-state index is 10.8. The van der Waals surface area contributed by atoms with Gasteiger partial charge in [-0.3, -0.25) is 0 Å². The minimum atomic E-state index is -0.748. The maximum Gasteiger partial charge on any atom is 0.331 e.